The third-order valence-electron chi connectivity index (χ3n) is 3.75. The zero-order valence-electron chi connectivity index (χ0n) is 15.0. The van der Waals surface area contributed by atoms with E-state index in [1.54, 1.807) is 24.1 Å². The van der Waals surface area contributed by atoms with Crippen LogP contribution in [0.1, 0.15) is 33.6 Å². The summed E-state index contributed by atoms with van der Waals surface area (Å²) in [4.78, 5) is 14.4. The molecule has 0 bridgehead atoms. The second kappa shape index (κ2) is 8.51. The van der Waals surface area contributed by atoms with Crippen molar-refractivity contribution in [2.45, 2.75) is 50.2 Å². The van der Waals surface area contributed by atoms with Crippen LogP contribution in [0.4, 0.5) is 4.79 Å². The van der Waals surface area contributed by atoms with Gasteiger partial charge >= 0.3 is 6.09 Å². The normalized spacial score (nSPS) is 17.2. The predicted molar refractivity (Wildman–Crippen MR) is 101 cm³/mol. The Kier molecular flexibility index (Phi) is 6.87. The summed E-state index contributed by atoms with van der Waals surface area (Å²) in [7, 11) is 0.188. The average Bonchev–Trinajstić information content (AvgIpc) is 2.53. The SMILES string of the molecule is COc1cc(Br)ccc1S(=O)NC1CCN(C(=O)OC(C)(C)C)CC1. The van der Waals surface area contributed by atoms with Gasteiger partial charge in [0.1, 0.15) is 22.3 Å². The van der Waals surface area contributed by atoms with Gasteiger partial charge in [-0.1, -0.05) is 15.9 Å². The lowest BCUT2D eigenvalue weighted by molar-refractivity contribution is 0.0204. The summed E-state index contributed by atoms with van der Waals surface area (Å²) in [5, 5.41) is 0. The monoisotopic (exact) mass is 432 g/mol. The largest absolute Gasteiger partial charge is 0.495 e. The summed E-state index contributed by atoms with van der Waals surface area (Å²) in [6.45, 7) is 6.73. The van der Waals surface area contributed by atoms with Gasteiger partial charge < -0.3 is 14.4 Å². The molecule has 1 heterocycles. The number of ether oxygens (including phenoxy) is 2. The van der Waals surface area contributed by atoms with Crippen molar-refractivity contribution in [1.29, 1.82) is 0 Å². The Morgan fingerprint density at radius 1 is 1.32 bits per heavy atom. The van der Waals surface area contributed by atoms with Crippen LogP contribution in [0.2, 0.25) is 0 Å². The van der Waals surface area contributed by atoms with Gasteiger partial charge in [0.15, 0.2) is 0 Å². The maximum Gasteiger partial charge on any atom is 0.410 e. The molecule has 0 spiro atoms. The number of piperidine rings is 1. The van der Waals surface area contributed by atoms with Gasteiger partial charge in [-0.15, -0.1) is 0 Å². The number of benzene rings is 1. The van der Waals surface area contributed by atoms with Gasteiger partial charge in [0.2, 0.25) is 0 Å². The third kappa shape index (κ3) is 5.97. The molecular weight excluding hydrogens is 408 g/mol. The highest BCUT2D eigenvalue weighted by Crippen LogP contribution is 2.26. The number of halogens is 1. The van der Waals surface area contributed by atoms with E-state index in [4.69, 9.17) is 9.47 Å². The van der Waals surface area contributed by atoms with Crippen LogP contribution in [0.3, 0.4) is 0 Å². The molecule has 1 aromatic rings. The van der Waals surface area contributed by atoms with Gasteiger partial charge in [-0.2, -0.15) is 0 Å². The quantitative estimate of drug-likeness (QED) is 0.790. The molecule has 1 atom stereocenters. The first-order valence-corrected chi connectivity index (χ1v) is 10.1. The molecule has 1 aliphatic heterocycles. The summed E-state index contributed by atoms with van der Waals surface area (Å²) < 4.78 is 27.3. The smallest absolute Gasteiger partial charge is 0.410 e. The molecule has 2 rings (SSSR count). The van der Waals surface area contributed by atoms with Crippen molar-refractivity contribution >= 4 is 33.0 Å². The molecule has 1 fully saturated rings. The van der Waals surface area contributed by atoms with Gasteiger partial charge in [0, 0.05) is 23.6 Å². The van der Waals surface area contributed by atoms with Crippen LogP contribution in [0.25, 0.3) is 0 Å². The van der Waals surface area contributed by atoms with Crippen LogP contribution in [-0.4, -0.2) is 47.0 Å². The molecule has 1 aromatic carbocycles. The molecule has 8 heteroatoms. The maximum absolute atomic E-state index is 12.6. The number of hydrogen-bond donors (Lipinski definition) is 1. The molecule has 0 aliphatic carbocycles. The fraction of sp³-hybridized carbons (Fsp3) is 0.588. The van der Waals surface area contributed by atoms with E-state index in [2.05, 4.69) is 20.7 Å². The topological polar surface area (TPSA) is 67.9 Å². The Balaban J connectivity index is 1.90. The molecule has 1 N–H and O–H groups in total. The standard InChI is InChI=1S/C17H25BrN2O4S/c1-17(2,3)24-16(21)20-9-7-13(8-10-20)19-25(22)15-6-5-12(18)11-14(15)23-4/h5-6,11,13,19H,7-10H2,1-4H3. The van der Waals surface area contributed by atoms with Crippen LogP contribution in [0, 0.1) is 0 Å². The molecule has 1 saturated heterocycles. The summed E-state index contributed by atoms with van der Waals surface area (Å²) >= 11 is 3.38. The Morgan fingerprint density at radius 2 is 1.96 bits per heavy atom. The number of nitrogens with one attached hydrogen (secondary N) is 1. The Hall–Kier alpha value is -1.12. The number of nitrogens with zero attached hydrogens (tertiary/aromatic N) is 1. The number of hydrogen-bond acceptors (Lipinski definition) is 4. The lowest BCUT2D eigenvalue weighted by atomic mass is 10.1. The summed E-state index contributed by atoms with van der Waals surface area (Å²) in [5.41, 5.74) is -0.494. The number of carbonyl (C=O) groups is 1. The zero-order valence-corrected chi connectivity index (χ0v) is 17.4. The van der Waals surface area contributed by atoms with E-state index >= 15 is 0 Å². The fourth-order valence-electron chi connectivity index (χ4n) is 2.52. The highest BCUT2D eigenvalue weighted by atomic mass is 79.9. The minimum Gasteiger partial charge on any atom is -0.495 e. The van der Waals surface area contributed by atoms with Crippen LogP contribution < -0.4 is 9.46 Å². The molecule has 6 nitrogen and oxygen atoms in total. The van der Waals surface area contributed by atoms with Gasteiger partial charge in [0.05, 0.1) is 12.0 Å². The van der Waals surface area contributed by atoms with Crippen molar-refractivity contribution < 1.29 is 18.5 Å². The highest BCUT2D eigenvalue weighted by molar-refractivity contribution is 9.10. The van der Waals surface area contributed by atoms with Crippen molar-refractivity contribution in [1.82, 2.24) is 9.62 Å². The third-order valence-corrected chi connectivity index (χ3v) is 5.52. The van der Waals surface area contributed by atoms with Crippen LogP contribution >= 0.6 is 15.9 Å². The van der Waals surface area contributed by atoms with Gasteiger partial charge in [-0.25, -0.2) is 13.7 Å². The van der Waals surface area contributed by atoms with Crippen LogP contribution in [0.5, 0.6) is 5.75 Å². The highest BCUT2D eigenvalue weighted by Gasteiger charge is 2.28. The Morgan fingerprint density at radius 3 is 2.52 bits per heavy atom. The number of rotatable bonds is 4. The second-order valence-electron chi connectivity index (χ2n) is 6.92. The Labute approximate surface area is 160 Å². The van der Waals surface area contributed by atoms with E-state index in [0.29, 0.717) is 23.7 Å². The van der Waals surface area contributed by atoms with Crippen molar-refractivity contribution in [2.75, 3.05) is 20.2 Å². The van der Waals surface area contributed by atoms with Crippen molar-refractivity contribution in [3.63, 3.8) is 0 Å². The molecule has 1 unspecified atom stereocenters. The molecule has 140 valence electrons. The first-order chi connectivity index (χ1) is 11.7. The van der Waals surface area contributed by atoms with E-state index < -0.39 is 16.6 Å². The van der Waals surface area contributed by atoms with Crippen molar-refractivity contribution in [3.05, 3.63) is 22.7 Å². The van der Waals surface area contributed by atoms with E-state index in [1.165, 1.54) is 0 Å². The van der Waals surface area contributed by atoms with E-state index in [0.717, 1.165) is 17.3 Å². The predicted octanol–water partition coefficient (Wildman–Crippen LogP) is 3.47. The molecule has 0 saturated carbocycles. The minimum absolute atomic E-state index is 0.0767. The van der Waals surface area contributed by atoms with Crippen molar-refractivity contribution in [2.24, 2.45) is 0 Å². The molecule has 1 aliphatic rings. The van der Waals surface area contributed by atoms with E-state index in [9.17, 15) is 9.00 Å². The number of carbonyl (C=O) groups excluding carboxylic acids is 1. The van der Waals surface area contributed by atoms with Crippen LogP contribution in [0.15, 0.2) is 27.6 Å². The Bertz CT molecular complexity index is 640. The zero-order chi connectivity index (χ0) is 18.6. The lowest BCUT2D eigenvalue weighted by Gasteiger charge is -2.33. The second-order valence-corrected chi connectivity index (χ2v) is 9.05. The summed E-state index contributed by atoms with van der Waals surface area (Å²) in [5.74, 6) is 0.575. The molecule has 25 heavy (non-hydrogen) atoms. The minimum atomic E-state index is -1.37. The summed E-state index contributed by atoms with van der Waals surface area (Å²) in [6, 6.07) is 5.48. The van der Waals surface area contributed by atoms with Crippen LogP contribution in [-0.2, 0) is 15.7 Å². The molecule has 1 amide bonds. The fourth-order valence-corrected chi connectivity index (χ4v) is 4.04. The van der Waals surface area contributed by atoms with Gasteiger partial charge in [0.25, 0.3) is 0 Å². The number of likely N-dealkylation sites (tertiary alicyclic amines) is 1. The van der Waals surface area contributed by atoms with Crippen molar-refractivity contribution in [3.8, 4) is 5.75 Å². The lowest BCUT2D eigenvalue weighted by Crippen LogP contribution is -2.46. The number of amides is 1. The van der Waals surface area contributed by atoms with Gasteiger partial charge in [-0.05, 0) is 51.8 Å². The first-order valence-electron chi connectivity index (χ1n) is 8.19. The number of methoxy groups -OCH3 is 1. The molecule has 0 radical (unpaired) electrons. The maximum atomic E-state index is 12.6. The summed E-state index contributed by atoms with van der Waals surface area (Å²) in [6.07, 6.45) is 1.16. The van der Waals surface area contributed by atoms with Gasteiger partial charge in [-0.3, -0.25) is 0 Å². The molecule has 0 aromatic heterocycles. The average molecular weight is 433 g/mol. The van der Waals surface area contributed by atoms with E-state index in [-0.39, 0.29) is 12.1 Å². The van der Waals surface area contributed by atoms with E-state index in [1.807, 2.05) is 26.8 Å². The first kappa shape index (κ1) is 20.2. The molecular formula is C17H25BrN2O4S.